The summed E-state index contributed by atoms with van der Waals surface area (Å²) in [5.74, 6) is 3.51. The van der Waals surface area contributed by atoms with Crippen molar-refractivity contribution in [3.63, 3.8) is 0 Å². The molecule has 0 spiro atoms. The second-order valence-electron chi connectivity index (χ2n) is 6.61. The highest BCUT2D eigenvalue weighted by atomic mass is 16.6. The molecule has 154 valence electrons. The lowest BCUT2D eigenvalue weighted by atomic mass is 10.1. The molecule has 0 unspecified atom stereocenters. The summed E-state index contributed by atoms with van der Waals surface area (Å²) < 4.78 is 23.6. The van der Waals surface area contributed by atoms with E-state index in [0.717, 1.165) is 17.5 Å². The van der Waals surface area contributed by atoms with E-state index in [2.05, 4.69) is 13.2 Å². The Morgan fingerprint density at radius 1 is 0.667 bits per heavy atom. The van der Waals surface area contributed by atoms with Gasteiger partial charge in [-0.2, -0.15) is 0 Å². The van der Waals surface area contributed by atoms with Crippen LogP contribution in [0.25, 0.3) is 0 Å². The third-order valence-electron chi connectivity index (χ3n) is 4.47. The fourth-order valence-corrected chi connectivity index (χ4v) is 3.06. The average molecular weight is 402 g/mol. The zero-order valence-corrected chi connectivity index (χ0v) is 17.4. The Kier molecular flexibility index (Phi) is 7.17. The van der Waals surface area contributed by atoms with E-state index in [9.17, 15) is 0 Å². The topological polar surface area (TPSA) is 36.9 Å². The minimum absolute atomic E-state index is 0.494. The van der Waals surface area contributed by atoms with E-state index >= 15 is 0 Å². The second-order valence-corrected chi connectivity index (χ2v) is 6.61. The number of rotatable bonds is 10. The van der Waals surface area contributed by atoms with Crippen LogP contribution in [-0.4, -0.2) is 14.2 Å². The van der Waals surface area contributed by atoms with Crippen molar-refractivity contribution >= 4 is 0 Å². The zero-order valence-electron chi connectivity index (χ0n) is 17.4. The van der Waals surface area contributed by atoms with Crippen LogP contribution in [0.4, 0.5) is 0 Å². The summed E-state index contributed by atoms with van der Waals surface area (Å²) in [5, 5.41) is 0. The Balaban J connectivity index is 2.06. The van der Waals surface area contributed by atoms with Gasteiger partial charge < -0.3 is 18.9 Å². The average Bonchev–Trinajstić information content (AvgIpc) is 2.77. The zero-order chi connectivity index (χ0) is 21.3. The monoisotopic (exact) mass is 402 g/mol. The van der Waals surface area contributed by atoms with Gasteiger partial charge in [-0.15, -0.1) is 13.2 Å². The Labute approximate surface area is 178 Å². The lowest BCUT2D eigenvalue weighted by Gasteiger charge is -2.18. The van der Waals surface area contributed by atoms with E-state index in [1.54, 1.807) is 14.2 Å². The Morgan fingerprint density at radius 3 is 1.97 bits per heavy atom. The standard InChI is InChI=1S/C26H26O4/c1-5-10-19-14-15-22(23(16-19)27-3)30-25-18-20(11-6-2)17-24(28-4)26(25)29-21-12-8-7-9-13-21/h5-9,12-18H,1-2,10-11H2,3-4H3. The number of allylic oxidation sites excluding steroid dienone is 2. The lowest BCUT2D eigenvalue weighted by Crippen LogP contribution is -1.98. The van der Waals surface area contributed by atoms with Gasteiger partial charge in [-0.1, -0.05) is 36.4 Å². The molecule has 0 aliphatic rings. The highest BCUT2D eigenvalue weighted by molar-refractivity contribution is 5.58. The summed E-state index contributed by atoms with van der Waals surface area (Å²) in [7, 11) is 3.23. The van der Waals surface area contributed by atoms with Crippen LogP contribution in [0.15, 0.2) is 86.0 Å². The van der Waals surface area contributed by atoms with Gasteiger partial charge in [0.1, 0.15) is 5.75 Å². The van der Waals surface area contributed by atoms with E-state index in [1.165, 1.54) is 0 Å². The van der Waals surface area contributed by atoms with Crippen molar-refractivity contribution in [1.82, 2.24) is 0 Å². The number of benzene rings is 3. The Morgan fingerprint density at radius 2 is 1.30 bits per heavy atom. The smallest absolute Gasteiger partial charge is 0.211 e. The van der Waals surface area contributed by atoms with Gasteiger partial charge in [0.2, 0.25) is 5.75 Å². The van der Waals surface area contributed by atoms with Gasteiger partial charge >= 0.3 is 0 Å². The normalized spacial score (nSPS) is 10.2. The maximum absolute atomic E-state index is 6.28. The van der Waals surface area contributed by atoms with Crippen LogP contribution in [0.3, 0.4) is 0 Å². The summed E-state index contributed by atoms with van der Waals surface area (Å²) >= 11 is 0. The first kappa shape index (κ1) is 21.1. The Bertz CT molecular complexity index is 1010. The van der Waals surface area contributed by atoms with Crippen LogP contribution in [0.2, 0.25) is 0 Å². The van der Waals surface area contributed by atoms with Crippen LogP contribution in [0.1, 0.15) is 11.1 Å². The molecule has 0 fully saturated rings. The minimum atomic E-state index is 0.494. The number of ether oxygens (including phenoxy) is 4. The van der Waals surface area contributed by atoms with Gasteiger partial charge in [0.25, 0.3) is 0 Å². The molecular formula is C26H26O4. The van der Waals surface area contributed by atoms with E-state index < -0.39 is 0 Å². The van der Waals surface area contributed by atoms with Crippen LogP contribution in [0.5, 0.6) is 34.5 Å². The maximum atomic E-state index is 6.28. The fourth-order valence-electron chi connectivity index (χ4n) is 3.06. The predicted molar refractivity (Wildman–Crippen MR) is 120 cm³/mol. The summed E-state index contributed by atoms with van der Waals surface area (Å²) in [6.45, 7) is 7.62. The van der Waals surface area contributed by atoms with E-state index in [-0.39, 0.29) is 0 Å². The molecule has 0 bridgehead atoms. The van der Waals surface area contributed by atoms with Crippen molar-refractivity contribution in [3.8, 4) is 34.5 Å². The van der Waals surface area contributed by atoms with E-state index in [1.807, 2.05) is 72.8 Å². The van der Waals surface area contributed by atoms with Gasteiger partial charge in [0.05, 0.1) is 14.2 Å². The second kappa shape index (κ2) is 10.2. The molecular weight excluding hydrogens is 376 g/mol. The fraction of sp³-hybridized carbons (Fsp3) is 0.154. The van der Waals surface area contributed by atoms with Crippen LogP contribution in [-0.2, 0) is 12.8 Å². The molecule has 0 aromatic heterocycles. The number of para-hydroxylation sites is 1. The maximum Gasteiger partial charge on any atom is 0.211 e. The third kappa shape index (κ3) is 5.03. The van der Waals surface area contributed by atoms with Crippen molar-refractivity contribution in [1.29, 1.82) is 0 Å². The molecule has 0 aliphatic carbocycles. The van der Waals surface area contributed by atoms with Gasteiger partial charge in [-0.3, -0.25) is 0 Å². The molecule has 0 aliphatic heterocycles. The molecule has 0 saturated carbocycles. The molecule has 30 heavy (non-hydrogen) atoms. The summed E-state index contributed by atoms with van der Waals surface area (Å²) in [5.41, 5.74) is 2.09. The van der Waals surface area contributed by atoms with Crippen molar-refractivity contribution in [2.45, 2.75) is 12.8 Å². The highest BCUT2D eigenvalue weighted by Crippen LogP contribution is 2.45. The summed E-state index contributed by atoms with van der Waals surface area (Å²) in [4.78, 5) is 0. The Hall–Kier alpha value is -3.66. The predicted octanol–water partition coefficient (Wildman–Crippen LogP) is 6.75. The minimum Gasteiger partial charge on any atom is -0.493 e. The largest absolute Gasteiger partial charge is 0.493 e. The molecule has 0 amide bonds. The quantitative estimate of drug-likeness (QED) is 0.352. The van der Waals surface area contributed by atoms with Gasteiger partial charge in [0, 0.05) is 0 Å². The molecule has 0 atom stereocenters. The molecule has 4 heteroatoms. The van der Waals surface area contributed by atoms with Gasteiger partial charge in [-0.05, 0) is 60.4 Å². The van der Waals surface area contributed by atoms with Crippen molar-refractivity contribution in [3.05, 3.63) is 97.1 Å². The molecule has 3 aromatic rings. The number of hydrogen-bond acceptors (Lipinski definition) is 4. The van der Waals surface area contributed by atoms with Crippen LogP contribution < -0.4 is 18.9 Å². The third-order valence-corrected chi connectivity index (χ3v) is 4.47. The van der Waals surface area contributed by atoms with E-state index in [4.69, 9.17) is 18.9 Å². The van der Waals surface area contributed by atoms with Gasteiger partial charge in [0.15, 0.2) is 23.0 Å². The summed E-state index contributed by atoms with van der Waals surface area (Å²) in [6, 6.07) is 19.2. The van der Waals surface area contributed by atoms with Crippen molar-refractivity contribution in [2.24, 2.45) is 0 Å². The van der Waals surface area contributed by atoms with Crippen LogP contribution in [0, 0.1) is 0 Å². The first-order valence-corrected chi connectivity index (χ1v) is 9.68. The van der Waals surface area contributed by atoms with Crippen LogP contribution >= 0.6 is 0 Å². The number of hydrogen-bond donors (Lipinski definition) is 0. The first-order valence-electron chi connectivity index (χ1n) is 9.68. The molecule has 0 N–H and O–H groups in total. The highest BCUT2D eigenvalue weighted by Gasteiger charge is 2.18. The van der Waals surface area contributed by atoms with Crippen molar-refractivity contribution < 1.29 is 18.9 Å². The molecule has 0 saturated heterocycles. The van der Waals surface area contributed by atoms with Gasteiger partial charge in [-0.25, -0.2) is 0 Å². The lowest BCUT2D eigenvalue weighted by molar-refractivity contribution is 0.349. The SMILES string of the molecule is C=CCc1ccc(Oc2cc(CC=C)cc(OC)c2Oc2ccccc2)c(OC)c1. The molecule has 0 radical (unpaired) electrons. The molecule has 3 aromatic carbocycles. The molecule has 3 rings (SSSR count). The van der Waals surface area contributed by atoms with E-state index in [0.29, 0.717) is 40.9 Å². The molecule has 0 heterocycles. The first-order chi connectivity index (χ1) is 14.7. The summed E-state index contributed by atoms with van der Waals surface area (Å²) in [6.07, 6.45) is 5.11. The molecule has 4 nitrogen and oxygen atoms in total. The van der Waals surface area contributed by atoms with Crippen molar-refractivity contribution in [2.75, 3.05) is 14.2 Å². The number of methoxy groups -OCH3 is 2.